The highest BCUT2D eigenvalue weighted by Gasteiger charge is 2.43. The molecule has 0 bridgehead atoms. The Morgan fingerprint density at radius 1 is 0.797 bits per heavy atom. The fourth-order valence-electron chi connectivity index (χ4n) is 8.47. The lowest BCUT2D eigenvalue weighted by molar-refractivity contribution is -0.141. The van der Waals surface area contributed by atoms with Crippen molar-refractivity contribution in [3.8, 4) is 34.4 Å². The van der Waals surface area contributed by atoms with E-state index >= 15 is 0 Å². The summed E-state index contributed by atoms with van der Waals surface area (Å²) < 4.78 is 108. The van der Waals surface area contributed by atoms with E-state index in [0.717, 1.165) is 23.8 Å². The molecule has 23 heteroatoms. The largest absolute Gasteiger partial charge is 0.494 e. The van der Waals surface area contributed by atoms with Crippen LogP contribution in [0.25, 0.3) is 44.7 Å². The van der Waals surface area contributed by atoms with Crippen molar-refractivity contribution in [2.75, 3.05) is 32.1 Å². The summed E-state index contributed by atoms with van der Waals surface area (Å²) >= 11 is 0. The second-order valence-electron chi connectivity index (χ2n) is 18.4. The number of nitrogens with two attached hydrogens (primary N) is 2. The van der Waals surface area contributed by atoms with Crippen LogP contribution in [-0.2, 0) is 17.1 Å². The van der Waals surface area contributed by atoms with Crippen molar-refractivity contribution in [2.45, 2.75) is 83.5 Å². The molecule has 3 amide bonds. The van der Waals surface area contributed by atoms with Gasteiger partial charge in [0.25, 0.3) is 11.8 Å². The molecule has 1 unspecified atom stereocenters. The molecule has 7 aromatic rings. The third-order valence-electron chi connectivity index (χ3n) is 12.7. The molecule has 4 atom stereocenters. The number of hydrogen-bond acceptors (Lipinski definition) is 14. The van der Waals surface area contributed by atoms with Gasteiger partial charge in [-0.05, 0) is 99.3 Å². The third-order valence-corrected chi connectivity index (χ3v) is 12.7. The maximum absolute atomic E-state index is 14.3. The summed E-state index contributed by atoms with van der Waals surface area (Å²) in [5, 5.41) is 16.8. The number of amides is 3. The van der Waals surface area contributed by atoms with Gasteiger partial charge in [-0.2, -0.15) is 26.3 Å². The zero-order chi connectivity index (χ0) is 53.6. The zero-order valence-corrected chi connectivity index (χ0v) is 40.7. The first kappa shape index (κ1) is 52.7. The van der Waals surface area contributed by atoms with E-state index < -0.39 is 65.2 Å². The predicted octanol–water partition coefficient (Wildman–Crippen LogP) is 8.93. The molecular weight excluding hydrogens is 981 g/mol. The van der Waals surface area contributed by atoms with Crippen LogP contribution in [0.1, 0.15) is 102 Å². The van der Waals surface area contributed by atoms with Crippen molar-refractivity contribution in [3.05, 3.63) is 113 Å². The number of nitrogens with one attached hydrogen (secondary N) is 2. The van der Waals surface area contributed by atoms with E-state index in [1.165, 1.54) is 56.2 Å². The van der Waals surface area contributed by atoms with Crippen molar-refractivity contribution in [3.63, 3.8) is 0 Å². The van der Waals surface area contributed by atoms with Gasteiger partial charge < -0.3 is 50.4 Å². The molecule has 4 aromatic heterocycles. The SMILES string of the molecule is COc1ccc(-c2nc(C(=O)N3CCC(O)(C(C)C)C3)c([C@@H](N)CCOc3ccc(-c4nc(C(=O)N[C@H](C)C(=O)Nc5cccc(C)c5)c([C@H](C)N)o4)c4ccc(C(F)(F)F)nc34)o2)c2ccc(C(F)(F)F)nc12. The number of likely N-dealkylation sites (tertiary alicyclic amines) is 1. The molecule has 1 fully saturated rings. The summed E-state index contributed by atoms with van der Waals surface area (Å²) in [5.41, 5.74) is 9.97. The standard InChI is InChI=1S/C51H51F6N9O8/c1-24(2)49(70)19-20-66(23-49)48(69)41-43(74-47(65-41)31-10-14-34(71-6)38-29(31)12-16-36(62-38)50(52,53)54)33(59)18-21-72-35-15-11-32(30-13-17-37(51(55,56)57)63-39(30)35)46-64-40(42(73-46)26(4)58)45(68)60-27(5)44(67)61-28-9-7-8-25(3)22-28/h7-17,22,24,26-27,33,70H,18-21,23,58-59H2,1-6H3,(H,60,68)(H,61,67)/t26-,27+,33-,49?/m0/s1. The number of halogens is 6. The summed E-state index contributed by atoms with van der Waals surface area (Å²) in [6.07, 6.45) is -9.56. The lowest BCUT2D eigenvalue weighted by Crippen LogP contribution is -2.42. The van der Waals surface area contributed by atoms with Crippen LogP contribution in [0.3, 0.4) is 0 Å². The Morgan fingerprint density at radius 2 is 1.38 bits per heavy atom. The maximum Gasteiger partial charge on any atom is 0.433 e. The lowest BCUT2D eigenvalue weighted by atomic mass is 9.90. The van der Waals surface area contributed by atoms with Crippen LogP contribution >= 0.6 is 0 Å². The molecule has 0 radical (unpaired) electrons. The van der Waals surface area contributed by atoms with Crippen molar-refractivity contribution < 1.29 is 64.1 Å². The third kappa shape index (κ3) is 10.7. The number of benzene rings is 3. The number of ether oxygens (including phenoxy) is 2. The first-order chi connectivity index (χ1) is 34.9. The summed E-state index contributed by atoms with van der Waals surface area (Å²) in [5.74, 6) is -2.96. The van der Waals surface area contributed by atoms with Crippen LogP contribution in [0.2, 0.25) is 0 Å². The minimum absolute atomic E-state index is 0.0174. The van der Waals surface area contributed by atoms with Crippen LogP contribution in [0.4, 0.5) is 32.0 Å². The number of rotatable bonds is 15. The van der Waals surface area contributed by atoms with Crippen molar-refractivity contribution >= 4 is 45.2 Å². The highest BCUT2D eigenvalue weighted by atomic mass is 19.4. The monoisotopic (exact) mass is 1030 g/mol. The number of aliphatic hydroxyl groups is 1. The molecule has 0 spiro atoms. The number of pyridine rings is 2. The summed E-state index contributed by atoms with van der Waals surface area (Å²) in [6.45, 7) is 8.27. The number of carbonyl (C=O) groups is 3. The second kappa shape index (κ2) is 20.3. The number of β-amino-alcohol motifs (C(OH)–C–C–N with tert-alkyl or cyclic N) is 1. The van der Waals surface area contributed by atoms with Gasteiger partial charge in [0.2, 0.25) is 17.7 Å². The van der Waals surface area contributed by atoms with Gasteiger partial charge in [-0.1, -0.05) is 26.0 Å². The number of methoxy groups -OCH3 is 1. The van der Waals surface area contributed by atoms with Crippen LogP contribution in [-0.4, -0.2) is 86.1 Å². The molecule has 1 aliphatic rings. The minimum Gasteiger partial charge on any atom is -0.494 e. The topological polar surface area (TPSA) is 247 Å². The molecule has 3 aromatic carbocycles. The fourth-order valence-corrected chi connectivity index (χ4v) is 8.47. The van der Waals surface area contributed by atoms with Gasteiger partial charge in [-0.25, -0.2) is 19.9 Å². The van der Waals surface area contributed by atoms with Gasteiger partial charge in [-0.3, -0.25) is 14.4 Å². The van der Waals surface area contributed by atoms with Crippen LogP contribution in [0, 0.1) is 12.8 Å². The number of oxazole rings is 2. The average Bonchev–Trinajstić information content (AvgIpc) is 4.11. The molecular formula is C51H51F6N9O8. The van der Waals surface area contributed by atoms with Crippen molar-refractivity contribution in [1.29, 1.82) is 0 Å². The van der Waals surface area contributed by atoms with E-state index in [-0.39, 0.29) is 118 Å². The molecule has 7 N–H and O–H groups in total. The highest BCUT2D eigenvalue weighted by molar-refractivity contribution is 6.02. The predicted molar refractivity (Wildman–Crippen MR) is 258 cm³/mol. The van der Waals surface area contributed by atoms with Crippen LogP contribution in [0.5, 0.6) is 11.5 Å². The zero-order valence-electron chi connectivity index (χ0n) is 40.7. The first-order valence-electron chi connectivity index (χ1n) is 23.3. The smallest absolute Gasteiger partial charge is 0.433 e. The number of anilines is 1. The quantitative estimate of drug-likeness (QED) is 0.0602. The number of fused-ring (bicyclic) bond motifs is 2. The second-order valence-corrected chi connectivity index (χ2v) is 18.4. The molecule has 1 saturated heterocycles. The molecule has 0 saturated carbocycles. The maximum atomic E-state index is 14.3. The molecule has 0 aliphatic carbocycles. The molecule has 390 valence electrons. The van der Waals surface area contributed by atoms with E-state index in [2.05, 4.69) is 30.6 Å². The van der Waals surface area contributed by atoms with Gasteiger partial charge in [0.1, 0.15) is 40.0 Å². The van der Waals surface area contributed by atoms with Crippen LogP contribution < -0.4 is 31.6 Å². The summed E-state index contributed by atoms with van der Waals surface area (Å²) in [7, 11) is 1.26. The summed E-state index contributed by atoms with van der Waals surface area (Å²) in [6, 6.07) is 13.3. The molecule has 1 aliphatic heterocycles. The number of alkyl halides is 6. The number of carbonyl (C=O) groups excluding carboxylic acids is 3. The van der Waals surface area contributed by atoms with Gasteiger partial charge in [0.05, 0.1) is 37.9 Å². The van der Waals surface area contributed by atoms with E-state index in [4.69, 9.17) is 29.8 Å². The van der Waals surface area contributed by atoms with Gasteiger partial charge in [-0.15, -0.1) is 0 Å². The molecule has 17 nitrogen and oxygen atoms in total. The molecule has 74 heavy (non-hydrogen) atoms. The first-order valence-corrected chi connectivity index (χ1v) is 23.3. The average molecular weight is 1030 g/mol. The van der Waals surface area contributed by atoms with Crippen molar-refractivity contribution in [2.24, 2.45) is 17.4 Å². The molecule has 5 heterocycles. The minimum atomic E-state index is -4.89. The van der Waals surface area contributed by atoms with Crippen molar-refractivity contribution in [1.82, 2.24) is 30.2 Å². The molecule has 8 rings (SSSR count). The highest BCUT2D eigenvalue weighted by Crippen LogP contribution is 2.41. The lowest BCUT2D eigenvalue weighted by Gasteiger charge is -2.27. The van der Waals surface area contributed by atoms with Gasteiger partial charge in [0, 0.05) is 40.6 Å². The fraction of sp³-hybridized carbons (Fsp3) is 0.353. The Morgan fingerprint density at radius 3 is 1.93 bits per heavy atom. The van der Waals surface area contributed by atoms with E-state index in [0.29, 0.717) is 5.69 Å². The summed E-state index contributed by atoms with van der Waals surface area (Å²) in [4.78, 5) is 59.0. The van der Waals surface area contributed by atoms with Gasteiger partial charge >= 0.3 is 12.4 Å². The van der Waals surface area contributed by atoms with Crippen LogP contribution in [0.15, 0.2) is 81.6 Å². The number of aryl methyl sites for hydroxylation is 1. The Labute approximate surface area is 418 Å². The van der Waals surface area contributed by atoms with E-state index in [1.54, 1.807) is 18.2 Å². The normalized spacial score (nSPS) is 16.4. The Bertz CT molecular complexity index is 3280. The Balaban J connectivity index is 1.09. The Hall–Kier alpha value is -7.63. The van der Waals surface area contributed by atoms with Gasteiger partial charge in [0.15, 0.2) is 22.9 Å². The number of hydrogen-bond donors (Lipinski definition) is 5. The number of nitrogens with zero attached hydrogens (tertiary/aromatic N) is 5. The number of aromatic nitrogens is 4. The van der Waals surface area contributed by atoms with E-state index in [9.17, 15) is 45.8 Å². The Kier molecular flexibility index (Phi) is 14.5. The van der Waals surface area contributed by atoms with E-state index in [1.807, 2.05) is 26.8 Å².